The van der Waals surface area contributed by atoms with Gasteiger partial charge in [-0.05, 0) is 48.6 Å². The molecule has 1 aliphatic heterocycles. The quantitative estimate of drug-likeness (QED) is 0.782. The van der Waals surface area contributed by atoms with Gasteiger partial charge in [-0.25, -0.2) is 4.39 Å². The van der Waals surface area contributed by atoms with Crippen LogP contribution in [0.4, 0.5) is 4.39 Å². The summed E-state index contributed by atoms with van der Waals surface area (Å²) in [5.74, 6) is -0.394. The SMILES string of the molecule is CC(CC(O)c1ccc(F)cc1)NC(=O)C1Cc2ccccc2CN1. The Morgan fingerprint density at radius 2 is 1.92 bits per heavy atom. The smallest absolute Gasteiger partial charge is 0.237 e. The fraction of sp³-hybridized carbons (Fsp3) is 0.350. The summed E-state index contributed by atoms with van der Waals surface area (Å²) in [7, 11) is 0. The predicted molar refractivity (Wildman–Crippen MR) is 94.4 cm³/mol. The molecule has 5 heteroatoms. The third kappa shape index (κ3) is 4.44. The van der Waals surface area contributed by atoms with Gasteiger partial charge in [0.1, 0.15) is 5.82 Å². The lowest BCUT2D eigenvalue weighted by molar-refractivity contribution is -0.124. The Labute approximate surface area is 147 Å². The van der Waals surface area contributed by atoms with Gasteiger partial charge in [-0.1, -0.05) is 36.4 Å². The second kappa shape index (κ2) is 7.76. The van der Waals surface area contributed by atoms with E-state index in [9.17, 15) is 14.3 Å². The molecule has 0 saturated carbocycles. The zero-order valence-corrected chi connectivity index (χ0v) is 14.2. The molecule has 0 fully saturated rings. The van der Waals surface area contributed by atoms with Crippen molar-refractivity contribution in [1.29, 1.82) is 0 Å². The number of aliphatic hydroxyl groups is 1. The Hall–Kier alpha value is -2.24. The van der Waals surface area contributed by atoms with Gasteiger partial charge in [0, 0.05) is 12.6 Å². The van der Waals surface area contributed by atoms with Crippen LogP contribution in [-0.4, -0.2) is 23.1 Å². The van der Waals surface area contributed by atoms with Crippen LogP contribution in [0.1, 0.15) is 36.1 Å². The van der Waals surface area contributed by atoms with E-state index >= 15 is 0 Å². The first-order valence-electron chi connectivity index (χ1n) is 8.57. The number of hydrogen-bond acceptors (Lipinski definition) is 3. The summed E-state index contributed by atoms with van der Waals surface area (Å²) in [6.07, 6.45) is 0.298. The molecule has 0 aromatic heterocycles. The van der Waals surface area contributed by atoms with Crippen LogP contribution in [0.3, 0.4) is 0 Å². The lowest BCUT2D eigenvalue weighted by Gasteiger charge is -2.27. The molecule has 1 heterocycles. The number of carbonyl (C=O) groups is 1. The van der Waals surface area contributed by atoms with E-state index in [4.69, 9.17) is 0 Å². The third-order valence-electron chi connectivity index (χ3n) is 4.62. The summed E-state index contributed by atoms with van der Waals surface area (Å²) in [6.45, 7) is 2.54. The maximum atomic E-state index is 13.0. The normalized spacial score (nSPS) is 18.9. The van der Waals surface area contributed by atoms with Gasteiger partial charge in [0.05, 0.1) is 12.1 Å². The fourth-order valence-corrected chi connectivity index (χ4v) is 3.20. The van der Waals surface area contributed by atoms with Crippen molar-refractivity contribution in [2.24, 2.45) is 0 Å². The van der Waals surface area contributed by atoms with E-state index in [1.54, 1.807) is 12.1 Å². The molecular formula is C20H23FN2O2. The van der Waals surface area contributed by atoms with E-state index in [2.05, 4.69) is 22.8 Å². The van der Waals surface area contributed by atoms with Crippen molar-refractivity contribution in [3.05, 3.63) is 71.0 Å². The van der Waals surface area contributed by atoms with Crippen LogP contribution < -0.4 is 10.6 Å². The number of nitrogens with one attached hydrogen (secondary N) is 2. The number of carbonyl (C=O) groups excluding carboxylic acids is 1. The lowest BCUT2D eigenvalue weighted by atomic mass is 9.95. The summed E-state index contributed by atoms with van der Waals surface area (Å²) in [5.41, 5.74) is 3.07. The zero-order chi connectivity index (χ0) is 17.8. The van der Waals surface area contributed by atoms with Crippen LogP contribution >= 0.6 is 0 Å². The van der Waals surface area contributed by atoms with Gasteiger partial charge in [-0.15, -0.1) is 0 Å². The zero-order valence-electron chi connectivity index (χ0n) is 14.2. The molecule has 0 aliphatic carbocycles. The van der Waals surface area contributed by atoms with E-state index in [-0.39, 0.29) is 23.8 Å². The highest BCUT2D eigenvalue weighted by Gasteiger charge is 2.25. The summed E-state index contributed by atoms with van der Waals surface area (Å²) in [6, 6.07) is 13.4. The number of aliphatic hydroxyl groups excluding tert-OH is 1. The Morgan fingerprint density at radius 3 is 2.64 bits per heavy atom. The second-order valence-electron chi connectivity index (χ2n) is 6.62. The Bertz CT molecular complexity index is 733. The van der Waals surface area contributed by atoms with Gasteiger partial charge in [0.25, 0.3) is 0 Å². The number of halogens is 1. The van der Waals surface area contributed by atoms with Crippen LogP contribution in [0, 0.1) is 5.82 Å². The third-order valence-corrected chi connectivity index (χ3v) is 4.62. The van der Waals surface area contributed by atoms with Crippen molar-refractivity contribution in [1.82, 2.24) is 10.6 Å². The maximum absolute atomic E-state index is 13.0. The number of rotatable bonds is 5. The van der Waals surface area contributed by atoms with E-state index in [1.165, 1.54) is 23.3 Å². The minimum absolute atomic E-state index is 0.0618. The highest BCUT2D eigenvalue weighted by molar-refractivity contribution is 5.82. The Kier molecular flexibility index (Phi) is 5.46. The number of benzene rings is 2. The summed E-state index contributed by atoms with van der Waals surface area (Å²) in [4.78, 5) is 12.5. The number of hydrogen-bond donors (Lipinski definition) is 3. The van der Waals surface area contributed by atoms with E-state index in [1.807, 2.05) is 19.1 Å². The molecule has 3 N–H and O–H groups in total. The minimum atomic E-state index is -0.740. The maximum Gasteiger partial charge on any atom is 0.237 e. The molecule has 1 aliphatic rings. The molecular weight excluding hydrogens is 319 g/mol. The minimum Gasteiger partial charge on any atom is -0.388 e. The van der Waals surface area contributed by atoms with Crippen LogP contribution in [0.15, 0.2) is 48.5 Å². The van der Waals surface area contributed by atoms with E-state index < -0.39 is 6.10 Å². The van der Waals surface area contributed by atoms with Gasteiger partial charge in [0.2, 0.25) is 5.91 Å². The van der Waals surface area contributed by atoms with Gasteiger partial charge in [-0.3, -0.25) is 4.79 Å². The van der Waals surface area contributed by atoms with Gasteiger partial charge in [0.15, 0.2) is 0 Å². The van der Waals surface area contributed by atoms with Gasteiger partial charge in [-0.2, -0.15) is 0 Å². The molecule has 3 unspecified atom stereocenters. The van der Waals surface area contributed by atoms with Crippen molar-refractivity contribution >= 4 is 5.91 Å². The highest BCUT2D eigenvalue weighted by atomic mass is 19.1. The highest BCUT2D eigenvalue weighted by Crippen LogP contribution is 2.19. The van der Waals surface area contributed by atoms with Crippen molar-refractivity contribution in [2.75, 3.05) is 0 Å². The molecule has 0 radical (unpaired) electrons. The van der Waals surface area contributed by atoms with E-state index in [0.29, 0.717) is 24.9 Å². The Balaban J connectivity index is 1.53. The molecule has 3 atom stereocenters. The molecule has 0 bridgehead atoms. The van der Waals surface area contributed by atoms with Crippen molar-refractivity contribution < 1.29 is 14.3 Å². The van der Waals surface area contributed by atoms with Crippen molar-refractivity contribution in [3.63, 3.8) is 0 Å². The molecule has 25 heavy (non-hydrogen) atoms. The molecule has 1 amide bonds. The Morgan fingerprint density at radius 1 is 1.24 bits per heavy atom. The van der Waals surface area contributed by atoms with Crippen LogP contribution in [0.25, 0.3) is 0 Å². The van der Waals surface area contributed by atoms with Crippen LogP contribution in [0.2, 0.25) is 0 Å². The first-order valence-corrected chi connectivity index (χ1v) is 8.57. The van der Waals surface area contributed by atoms with Gasteiger partial charge < -0.3 is 15.7 Å². The number of fused-ring (bicyclic) bond motifs is 1. The fourth-order valence-electron chi connectivity index (χ4n) is 3.20. The van der Waals surface area contributed by atoms with Crippen LogP contribution in [-0.2, 0) is 17.8 Å². The van der Waals surface area contributed by atoms with Crippen molar-refractivity contribution in [2.45, 2.75) is 44.5 Å². The topological polar surface area (TPSA) is 61.4 Å². The second-order valence-corrected chi connectivity index (χ2v) is 6.62. The average molecular weight is 342 g/mol. The van der Waals surface area contributed by atoms with Crippen molar-refractivity contribution in [3.8, 4) is 0 Å². The largest absolute Gasteiger partial charge is 0.388 e. The monoisotopic (exact) mass is 342 g/mol. The lowest BCUT2D eigenvalue weighted by Crippen LogP contribution is -2.50. The van der Waals surface area contributed by atoms with E-state index in [0.717, 1.165) is 0 Å². The molecule has 4 nitrogen and oxygen atoms in total. The predicted octanol–water partition coefficient (Wildman–Crippen LogP) is 2.47. The van der Waals surface area contributed by atoms with Crippen LogP contribution in [0.5, 0.6) is 0 Å². The standard InChI is InChI=1S/C20H23FN2O2/c1-13(10-19(24)14-6-8-17(21)9-7-14)23-20(25)18-11-15-4-2-3-5-16(15)12-22-18/h2-9,13,18-19,22,24H,10-12H2,1H3,(H,23,25). The first kappa shape index (κ1) is 17.6. The summed E-state index contributed by atoms with van der Waals surface area (Å²) >= 11 is 0. The first-order chi connectivity index (χ1) is 12.0. The number of amides is 1. The molecule has 2 aromatic rings. The average Bonchev–Trinajstić information content (AvgIpc) is 2.61. The summed E-state index contributed by atoms with van der Waals surface area (Å²) in [5, 5.41) is 16.5. The molecule has 0 saturated heterocycles. The van der Waals surface area contributed by atoms with Gasteiger partial charge >= 0.3 is 0 Å². The molecule has 132 valence electrons. The molecule has 3 rings (SSSR count). The molecule has 2 aromatic carbocycles. The summed E-state index contributed by atoms with van der Waals surface area (Å²) < 4.78 is 13.0. The molecule has 0 spiro atoms.